The van der Waals surface area contributed by atoms with Crippen LogP contribution in [0.25, 0.3) is 22.2 Å². The number of rotatable bonds is 2. The van der Waals surface area contributed by atoms with Crippen molar-refractivity contribution in [3.8, 4) is 11.3 Å². The Balaban J connectivity index is 2.01. The van der Waals surface area contributed by atoms with E-state index in [1.54, 1.807) is 11.6 Å². The van der Waals surface area contributed by atoms with Crippen LogP contribution in [0.1, 0.15) is 31.2 Å². The van der Waals surface area contributed by atoms with E-state index >= 15 is 0 Å². The fourth-order valence-electron chi connectivity index (χ4n) is 4.76. The average Bonchev–Trinajstić information content (AvgIpc) is 3.15. The standard InChI is InChI=1S/C25H24ClN3O3/c1-25(2)14-32-22(16-10-12-17(26)13-11-16)21-20-18(23(30)28(4)24(31)27(20)3)19(29(21)25)15-8-6-5-7-9-15/h5-13,22H,14H2,1-4H3/t22-/m1/s1. The summed E-state index contributed by atoms with van der Waals surface area (Å²) in [7, 11) is 3.23. The van der Waals surface area contributed by atoms with Crippen LogP contribution in [0, 0.1) is 0 Å². The van der Waals surface area contributed by atoms with Crippen molar-refractivity contribution in [1.82, 2.24) is 13.7 Å². The molecule has 1 atom stereocenters. The third kappa shape index (κ3) is 2.90. The Morgan fingerprint density at radius 1 is 0.969 bits per heavy atom. The molecule has 2 aromatic carbocycles. The Kier molecular flexibility index (Phi) is 4.69. The molecule has 6 nitrogen and oxygen atoms in total. The Bertz CT molecular complexity index is 1460. The summed E-state index contributed by atoms with van der Waals surface area (Å²) in [4.78, 5) is 26.4. The van der Waals surface area contributed by atoms with Gasteiger partial charge in [0.2, 0.25) is 0 Å². The van der Waals surface area contributed by atoms with Gasteiger partial charge in [0.1, 0.15) is 6.10 Å². The molecule has 1 aliphatic heterocycles. The van der Waals surface area contributed by atoms with Crippen LogP contribution in [0.4, 0.5) is 0 Å². The Morgan fingerprint density at radius 2 is 1.62 bits per heavy atom. The number of hydrogen-bond donors (Lipinski definition) is 0. The first kappa shape index (κ1) is 20.8. The first-order chi connectivity index (χ1) is 15.2. The first-order valence-corrected chi connectivity index (χ1v) is 10.9. The topological polar surface area (TPSA) is 58.2 Å². The number of fused-ring (bicyclic) bond motifs is 3. The number of nitrogens with zero attached hydrogens (tertiary/aromatic N) is 3. The second-order valence-electron chi connectivity index (χ2n) is 8.92. The third-order valence-electron chi connectivity index (χ3n) is 6.29. The lowest BCUT2D eigenvalue weighted by atomic mass is 9.98. The van der Waals surface area contributed by atoms with E-state index in [1.165, 1.54) is 11.6 Å². The molecule has 0 radical (unpaired) electrons. The van der Waals surface area contributed by atoms with E-state index in [9.17, 15) is 9.59 Å². The maximum absolute atomic E-state index is 13.5. The Morgan fingerprint density at radius 3 is 2.28 bits per heavy atom. The fourth-order valence-corrected chi connectivity index (χ4v) is 4.88. The minimum absolute atomic E-state index is 0.311. The molecule has 2 aromatic heterocycles. The van der Waals surface area contributed by atoms with E-state index in [2.05, 4.69) is 18.4 Å². The van der Waals surface area contributed by atoms with Crippen molar-refractivity contribution in [3.63, 3.8) is 0 Å². The van der Waals surface area contributed by atoms with Gasteiger partial charge in [-0.05, 0) is 37.1 Å². The largest absolute Gasteiger partial charge is 0.365 e. The summed E-state index contributed by atoms with van der Waals surface area (Å²) >= 11 is 6.12. The fraction of sp³-hybridized carbons (Fsp3) is 0.280. The number of ether oxygens (including phenoxy) is 1. The van der Waals surface area contributed by atoms with Gasteiger partial charge in [0, 0.05) is 19.1 Å². The first-order valence-electron chi connectivity index (χ1n) is 10.5. The van der Waals surface area contributed by atoms with Crippen molar-refractivity contribution in [3.05, 3.63) is 91.7 Å². The molecule has 32 heavy (non-hydrogen) atoms. The molecular formula is C25H24ClN3O3. The highest BCUT2D eigenvalue weighted by atomic mass is 35.5. The zero-order valence-electron chi connectivity index (χ0n) is 18.4. The molecule has 0 aliphatic carbocycles. The van der Waals surface area contributed by atoms with Gasteiger partial charge in [0.15, 0.2) is 0 Å². The second-order valence-corrected chi connectivity index (χ2v) is 9.36. The van der Waals surface area contributed by atoms with Crippen molar-refractivity contribution in [2.75, 3.05) is 6.61 Å². The van der Waals surface area contributed by atoms with Crippen LogP contribution >= 0.6 is 11.6 Å². The summed E-state index contributed by atoms with van der Waals surface area (Å²) < 4.78 is 11.3. The predicted molar refractivity (Wildman–Crippen MR) is 126 cm³/mol. The molecule has 5 rings (SSSR count). The van der Waals surface area contributed by atoms with Crippen LogP contribution < -0.4 is 11.2 Å². The van der Waals surface area contributed by atoms with Gasteiger partial charge in [0.25, 0.3) is 5.56 Å². The lowest BCUT2D eigenvalue weighted by Gasteiger charge is -2.39. The van der Waals surface area contributed by atoms with E-state index in [1.807, 2.05) is 54.6 Å². The van der Waals surface area contributed by atoms with Gasteiger partial charge in [-0.1, -0.05) is 54.1 Å². The highest BCUT2D eigenvalue weighted by Gasteiger charge is 2.40. The van der Waals surface area contributed by atoms with Crippen LogP contribution in [0.2, 0.25) is 5.02 Å². The maximum atomic E-state index is 13.5. The lowest BCUT2D eigenvalue weighted by Crippen LogP contribution is -2.40. The number of benzene rings is 2. The van der Waals surface area contributed by atoms with Gasteiger partial charge in [-0.2, -0.15) is 0 Å². The number of halogens is 1. The lowest BCUT2D eigenvalue weighted by molar-refractivity contribution is -0.00707. The Hall–Kier alpha value is -3.09. The van der Waals surface area contributed by atoms with Crippen LogP contribution in [0.3, 0.4) is 0 Å². The van der Waals surface area contributed by atoms with E-state index in [4.69, 9.17) is 16.3 Å². The summed E-state index contributed by atoms with van der Waals surface area (Å²) in [6.07, 6.45) is -0.446. The van der Waals surface area contributed by atoms with Crippen LogP contribution in [0.15, 0.2) is 64.2 Å². The molecule has 0 saturated heterocycles. The molecule has 4 aromatic rings. The van der Waals surface area contributed by atoms with Crippen molar-refractivity contribution in [2.24, 2.45) is 14.1 Å². The molecule has 0 bridgehead atoms. The second kappa shape index (κ2) is 7.22. The molecule has 0 N–H and O–H groups in total. The van der Waals surface area contributed by atoms with E-state index < -0.39 is 11.6 Å². The predicted octanol–water partition coefficient (Wildman–Crippen LogP) is 4.21. The van der Waals surface area contributed by atoms with E-state index in [-0.39, 0.29) is 11.2 Å². The van der Waals surface area contributed by atoms with E-state index in [0.29, 0.717) is 22.5 Å². The molecule has 0 saturated carbocycles. The summed E-state index contributed by atoms with van der Waals surface area (Å²) in [6.45, 7) is 4.62. The Labute approximate surface area is 190 Å². The smallest absolute Gasteiger partial charge is 0.331 e. The van der Waals surface area contributed by atoms with Gasteiger partial charge in [-0.3, -0.25) is 13.9 Å². The molecule has 1 aliphatic rings. The quantitative estimate of drug-likeness (QED) is 0.460. The normalized spacial score (nSPS) is 17.5. The molecule has 7 heteroatoms. The molecular weight excluding hydrogens is 426 g/mol. The van der Waals surface area contributed by atoms with Gasteiger partial charge >= 0.3 is 5.69 Å². The molecule has 0 fully saturated rings. The van der Waals surface area contributed by atoms with Crippen molar-refractivity contribution in [2.45, 2.75) is 25.5 Å². The van der Waals surface area contributed by atoms with Gasteiger partial charge in [-0.25, -0.2) is 4.79 Å². The van der Waals surface area contributed by atoms with Crippen molar-refractivity contribution >= 4 is 22.5 Å². The minimum Gasteiger partial charge on any atom is -0.365 e. The van der Waals surface area contributed by atoms with Crippen LogP contribution in [-0.4, -0.2) is 20.3 Å². The minimum atomic E-state index is -0.446. The molecule has 3 heterocycles. The molecule has 0 spiro atoms. The molecule has 0 unspecified atom stereocenters. The van der Waals surface area contributed by atoms with Gasteiger partial charge in [-0.15, -0.1) is 0 Å². The summed E-state index contributed by atoms with van der Waals surface area (Å²) in [5.41, 5.74) is 2.92. The average molecular weight is 450 g/mol. The zero-order chi connectivity index (χ0) is 22.8. The van der Waals surface area contributed by atoms with Crippen LogP contribution in [0.5, 0.6) is 0 Å². The highest BCUT2D eigenvalue weighted by molar-refractivity contribution is 6.30. The van der Waals surface area contributed by atoms with Crippen molar-refractivity contribution in [1.29, 1.82) is 0 Å². The van der Waals surface area contributed by atoms with E-state index in [0.717, 1.165) is 22.5 Å². The maximum Gasteiger partial charge on any atom is 0.331 e. The summed E-state index contributed by atoms with van der Waals surface area (Å²) in [5.74, 6) is 0. The number of aromatic nitrogens is 3. The molecule has 0 amide bonds. The van der Waals surface area contributed by atoms with Crippen molar-refractivity contribution < 1.29 is 4.74 Å². The zero-order valence-corrected chi connectivity index (χ0v) is 19.2. The summed E-state index contributed by atoms with van der Waals surface area (Å²) in [5, 5.41) is 1.16. The SMILES string of the molecule is Cn1c(=O)c2c(-c3ccccc3)n3c(c2n(C)c1=O)[C@@H](c1ccc(Cl)cc1)OCC3(C)C. The van der Waals surface area contributed by atoms with Crippen LogP contribution in [-0.2, 0) is 24.4 Å². The van der Waals surface area contributed by atoms with Gasteiger partial charge in [0.05, 0.1) is 34.4 Å². The monoisotopic (exact) mass is 449 g/mol. The number of aryl methyl sites for hydroxylation is 1. The number of hydrogen-bond acceptors (Lipinski definition) is 3. The van der Waals surface area contributed by atoms with Gasteiger partial charge < -0.3 is 9.30 Å². The third-order valence-corrected chi connectivity index (χ3v) is 6.54. The summed E-state index contributed by atoms with van der Waals surface area (Å²) in [6, 6.07) is 17.4. The molecule has 164 valence electrons. The highest BCUT2D eigenvalue weighted by Crippen LogP contribution is 2.45.